The number of hydrogen-bond acceptors (Lipinski definition) is 3. The van der Waals surface area contributed by atoms with E-state index < -0.39 is 0 Å². The van der Waals surface area contributed by atoms with E-state index in [1.54, 1.807) is 6.92 Å². The van der Waals surface area contributed by atoms with Gasteiger partial charge in [0.15, 0.2) is 0 Å². The lowest BCUT2D eigenvalue weighted by atomic mass is 9.98. The van der Waals surface area contributed by atoms with Crippen molar-refractivity contribution in [2.75, 3.05) is 19.6 Å². The van der Waals surface area contributed by atoms with E-state index in [-0.39, 0.29) is 11.4 Å². The molecule has 1 aromatic rings. The highest BCUT2D eigenvalue weighted by Gasteiger charge is 2.34. The summed E-state index contributed by atoms with van der Waals surface area (Å²) in [6.07, 6.45) is 5.20. The average molecular weight is 278 g/mol. The van der Waals surface area contributed by atoms with Crippen molar-refractivity contribution in [3.8, 4) is 0 Å². The summed E-state index contributed by atoms with van der Waals surface area (Å²) in [4.78, 5) is 15.9. The van der Waals surface area contributed by atoms with Crippen molar-refractivity contribution in [2.24, 2.45) is 0 Å². The number of rotatable bonds is 4. The van der Waals surface area contributed by atoms with Gasteiger partial charge >= 0.3 is 0 Å². The molecule has 1 fully saturated rings. The Morgan fingerprint density at radius 1 is 1.40 bits per heavy atom. The summed E-state index contributed by atoms with van der Waals surface area (Å²) < 4.78 is 2.01. The molecule has 1 aliphatic heterocycles. The number of carbonyl (C=O) groups is 1. The minimum Gasteiger partial charge on any atom is -0.340 e. The summed E-state index contributed by atoms with van der Waals surface area (Å²) in [6, 6.07) is 0. The van der Waals surface area contributed by atoms with E-state index in [0.29, 0.717) is 0 Å². The summed E-state index contributed by atoms with van der Waals surface area (Å²) in [5.74, 6) is 0.175. The van der Waals surface area contributed by atoms with Crippen LogP contribution in [-0.4, -0.2) is 50.7 Å². The largest absolute Gasteiger partial charge is 0.340 e. The summed E-state index contributed by atoms with van der Waals surface area (Å²) in [6.45, 7) is 12.6. The molecule has 1 aliphatic rings. The predicted octanol–water partition coefficient (Wildman–Crippen LogP) is 1.74. The molecule has 2 heterocycles. The first kappa shape index (κ1) is 15.0. The third-order valence-electron chi connectivity index (χ3n) is 4.03. The molecule has 0 unspecified atom stereocenters. The van der Waals surface area contributed by atoms with Crippen LogP contribution in [0.25, 0.3) is 0 Å². The van der Waals surface area contributed by atoms with Crippen LogP contribution >= 0.6 is 0 Å². The van der Waals surface area contributed by atoms with Gasteiger partial charge in [-0.2, -0.15) is 5.10 Å². The van der Waals surface area contributed by atoms with Crippen molar-refractivity contribution in [1.29, 1.82) is 0 Å². The van der Waals surface area contributed by atoms with E-state index >= 15 is 0 Å². The molecule has 0 aromatic carbocycles. The second-order valence-corrected chi connectivity index (χ2v) is 6.29. The van der Waals surface area contributed by atoms with E-state index in [0.717, 1.165) is 39.1 Å². The highest BCUT2D eigenvalue weighted by Crippen LogP contribution is 2.23. The SMILES string of the molecule is CCCn1cc(CN2CCN(C(C)=O)CC2(C)C)cn1. The molecule has 0 aliphatic carbocycles. The standard InChI is InChI=1S/C15H26N4O/c1-5-6-19-11-14(9-16-19)10-18-8-7-17(13(2)20)12-15(18,3)4/h9,11H,5-8,10,12H2,1-4H3. The first-order valence-electron chi connectivity index (χ1n) is 7.44. The van der Waals surface area contributed by atoms with Gasteiger partial charge in [0.1, 0.15) is 0 Å². The van der Waals surface area contributed by atoms with Gasteiger partial charge in [-0.3, -0.25) is 14.4 Å². The van der Waals surface area contributed by atoms with Crippen molar-refractivity contribution in [3.63, 3.8) is 0 Å². The summed E-state index contributed by atoms with van der Waals surface area (Å²) >= 11 is 0. The van der Waals surface area contributed by atoms with E-state index in [4.69, 9.17) is 0 Å². The summed E-state index contributed by atoms with van der Waals surface area (Å²) in [5, 5.41) is 4.39. The van der Waals surface area contributed by atoms with Crippen LogP contribution in [0.4, 0.5) is 0 Å². The van der Waals surface area contributed by atoms with Gasteiger partial charge in [0.25, 0.3) is 0 Å². The number of aromatic nitrogens is 2. The second-order valence-electron chi connectivity index (χ2n) is 6.29. The predicted molar refractivity (Wildman–Crippen MR) is 79.3 cm³/mol. The zero-order chi connectivity index (χ0) is 14.8. The number of amides is 1. The van der Waals surface area contributed by atoms with Gasteiger partial charge in [0.2, 0.25) is 5.91 Å². The Balaban J connectivity index is 2.00. The molecule has 1 amide bonds. The molecule has 1 saturated heterocycles. The van der Waals surface area contributed by atoms with Crippen LogP contribution in [0.2, 0.25) is 0 Å². The maximum atomic E-state index is 11.5. The fourth-order valence-corrected chi connectivity index (χ4v) is 2.81. The average Bonchev–Trinajstić information content (AvgIpc) is 2.79. The third kappa shape index (κ3) is 3.39. The van der Waals surface area contributed by atoms with Crippen molar-refractivity contribution >= 4 is 5.91 Å². The zero-order valence-corrected chi connectivity index (χ0v) is 13.1. The first-order chi connectivity index (χ1) is 9.42. The molecule has 0 spiro atoms. The maximum absolute atomic E-state index is 11.5. The van der Waals surface area contributed by atoms with Crippen molar-refractivity contribution in [2.45, 2.75) is 52.7 Å². The number of piperazine rings is 1. The Hall–Kier alpha value is -1.36. The number of aryl methyl sites for hydroxylation is 1. The van der Waals surface area contributed by atoms with Crippen LogP contribution < -0.4 is 0 Å². The molecule has 0 saturated carbocycles. The van der Waals surface area contributed by atoms with Gasteiger partial charge in [-0.15, -0.1) is 0 Å². The topological polar surface area (TPSA) is 41.4 Å². The van der Waals surface area contributed by atoms with E-state index in [1.807, 2.05) is 15.8 Å². The molecule has 5 heteroatoms. The van der Waals surface area contributed by atoms with Crippen molar-refractivity contribution < 1.29 is 4.79 Å². The van der Waals surface area contributed by atoms with Gasteiger partial charge < -0.3 is 4.90 Å². The third-order valence-corrected chi connectivity index (χ3v) is 4.03. The van der Waals surface area contributed by atoms with Gasteiger partial charge in [0.05, 0.1) is 6.20 Å². The summed E-state index contributed by atoms with van der Waals surface area (Å²) in [5.41, 5.74) is 1.26. The molecular formula is C15H26N4O. The second kappa shape index (κ2) is 5.95. The molecule has 112 valence electrons. The Morgan fingerprint density at radius 2 is 2.15 bits per heavy atom. The zero-order valence-electron chi connectivity index (χ0n) is 13.1. The van der Waals surface area contributed by atoms with E-state index in [9.17, 15) is 4.79 Å². The maximum Gasteiger partial charge on any atom is 0.219 e. The molecular weight excluding hydrogens is 252 g/mol. The molecule has 0 bridgehead atoms. The van der Waals surface area contributed by atoms with Crippen LogP contribution in [0.15, 0.2) is 12.4 Å². The molecule has 5 nitrogen and oxygen atoms in total. The van der Waals surface area contributed by atoms with Crippen LogP contribution in [0.3, 0.4) is 0 Å². The molecule has 1 aromatic heterocycles. The van der Waals surface area contributed by atoms with Crippen LogP contribution in [0, 0.1) is 0 Å². The van der Waals surface area contributed by atoms with E-state index in [2.05, 4.69) is 37.0 Å². The highest BCUT2D eigenvalue weighted by atomic mass is 16.2. The quantitative estimate of drug-likeness (QED) is 0.842. The lowest BCUT2D eigenvalue weighted by Crippen LogP contribution is -2.59. The summed E-state index contributed by atoms with van der Waals surface area (Å²) in [7, 11) is 0. The Morgan fingerprint density at radius 3 is 2.75 bits per heavy atom. The Labute approximate surface area is 121 Å². The fourth-order valence-electron chi connectivity index (χ4n) is 2.81. The van der Waals surface area contributed by atoms with Crippen molar-refractivity contribution in [1.82, 2.24) is 19.6 Å². The molecule has 0 atom stereocenters. The lowest BCUT2D eigenvalue weighted by molar-refractivity contribution is -0.134. The monoisotopic (exact) mass is 278 g/mol. The molecule has 20 heavy (non-hydrogen) atoms. The number of nitrogens with zero attached hydrogens (tertiary/aromatic N) is 4. The van der Waals surface area contributed by atoms with E-state index in [1.165, 1.54) is 5.56 Å². The molecule has 0 radical (unpaired) electrons. The molecule has 0 N–H and O–H groups in total. The first-order valence-corrected chi connectivity index (χ1v) is 7.44. The number of hydrogen-bond donors (Lipinski definition) is 0. The Kier molecular flexibility index (Phi) is 4.48. The van der Waals surface area contributed by atoms with Gasteiger partial charge in [-0.1, -0.05) is 6.92 Å². The van der Waals surface area contributed by atoms with Crippen LogP contribution in [-0.2, 0) is 17.9 Å². The smallest absolute Gasteiger partial charge is 0.219 e. The number of carbonyl (C=O) groups excluding carboxylic acids is 1. The minimum atomic E-state index is 0.0107. The lowest BCUT2D eigenvalue weighted by Gasteiger charge is -2.46. The Bertz CT molecular complexity index is 466. The van der Waals surface area contributed by atoms with Gasteiger partial charge in [-0.05, 0) is 20.3 Å². The fraction of sp³-hybridized carbons (Fsp3) is 0.733. The van der Waals surface area contributed by atoms with Gasteiger partial charge in [0, 0.05) is 56.9 Å². The van der Waals surface area contributed by atoms with Gasteiger partial charge in [-0.25, -0.2) is 0 Å². The highest BCUT2D eigenvalue weighted by molar-refractivity contribution is 5.73. The van der Waals surface area contributed by atoms with Crippen LogP contribution in [0.1, 0.15) is 39.7 Å². The minimum absolute atomic E-state index is 0.0107. The molecule has 2 rings (SSSR count). The normalized spacial score (nSPS) is 19.3. The van der Waals surface area contributed by atoms with Crippen molar-refractivity contribution in [3.05, 3.63) is 18.0 Å². The van der Waals surface area contributed by atoms with Crippen LogP contribution in [0.5, 0.6) is 0 Å².